The third kappa shape index (κ3) is 4.62. The van der Waals surface area contributed by atoms with Crippen LogP contribution in [0.2, 0.25) is 5.02 Å². The van der Waals surface area contributed by atoms with Crippen molar-refractivity contribution < 1.29 is 19.1 Å². The second-order valence-corrected chi connectivity index (χ2v) is 6.46. The highest BCUT2D eigenvalue weighted by atomic mass is 35.5. The molecule has 1 aliphatic rings. The van der Waals surface area contributed by atoms with Crippen LogP contribution in [0.15, 0.2) is 22.6 Å². The lowest BCUT2D eigenvalue weighted by atomic mass is 9.97. The van der Waals surface area contributed by atoms with Crippen LogP contribution in [0.5, 0.6) is 0 Å². The molecule has 3 rings (SSSR count). The lowest BCUT2D eigenvalue weighted by molar-refractivity contribution is -0.125. The summed E-state index contributed by atoms with van der Waals surface area (Å²) in [5, 5.41) is 12.1. The number of anilines is 1. The molecule has 1 atom stereocenters. The highest BCUT2D eigenvalue weighted by Gasteiger charge is 2.28. The van der Waals surface area contributed by atoms with Crippen LogP contribution in [0.1, 0.15) is 12.8 Å². The first-order valence-corrected chi connectivity index (χ1v) is 8.82. The zero-order chi connectivity index (χ0) is 17.6. The van der Waals surface area contributed by atoms with E-state index in [4.69, 9.17) is 25.9 Å². The predicted octanol–water partition coefficient (Wildman–Crippen LogP) is 1.82. The number of rotatable bonds is 7. The number of nitrogens with zero attached hydrogens (tertiary/aromatic N) is 2. The van der Waals surface area contributed by atoms with Crippen molar-refractivity contribution in [3.05, 3.63) is 23.2 Å². The molecule has 0 aliphatic carbocycles. The van der Waals surface area contributed by atoms with Gasteiger partial charge in [0.1, 0.15) is 5.52 Å². The Morgan fingerprint density at radius 1 is 1.48 bits per heavy atom. The van der Waals surface area contributed by atoms with Crippen LogP contribution in [-0.2, 0) is 9.53 Å². The number of carbonyl (C=O) groups excluding carboxylic acids is 1. The van der Waals surface area contributed by atoms with E-state index < -0.39 is 0 Å². The Kier molecular flexibility index (Phi) is 6.12. The van der Waals surface area contributed by atoms with Crippen LogP contribution in [0.25, 0.3) is 11.1 Å². The van der Waals surface area contributed by atoms with Crippen LogP contribution in [0, 0.1) is 5.92 Å². The van der Waals surface area contributed by atoms with Crippen molar-refractivity contribution in [2.24, 2.45) is 5.92 Å². The van der Waals surface area contributed by atoms with Gasteiger partial charge in [-0.25, -0.2) is 0 Å². The minimum Gasteiger partial charge on any atom is -0.423 e. The van der Waals surface area contributed by atoms with Crippen molar-refractivity contribution in [3.8, 4) is 0 Å². The number of hydrogen-bond acceptors (Lipinski definition) is 6. The Morgan fingerprint density at radius 2 is 2.36 bits per heavy atom. The predicted molar refractivity (Wildman–Crippen MR) is 94.9 cm³/mol. The van der Waals surface area contributed by atoms with Crippen LogP contribution in [0.3, 0.4) is 0 Å². The lowest BCUT2D eigenvalue weighted by Crippen LogP contribution is -2.44. The number of aromatic nitrogens is 1. The average molecular weight is 368 g/mol. The Hall–Kier alpha value is -1.83. The summed E-state index contributed by atoms with van der Waals surface area (Å²) in [5.41, 5.74) is 1.40. The number of amides is 1. The van der Waals surface area contributed by atoms with E-state index in [1.807, 2.05) is 4.90 Å². The zero-order valence-electron chi connectivity index (χ0n) is 13.9. The summed E-state index contributed by atoms with van der Waals surface area (Å²) in [7, 11) is 0. The second kappa shape index (κ2) is 8.51. The van der Waals surface area contributed by atoms with E-state index in [-0.39, 0.29) is 25.0 Å². The minimum absolute atomic E-state index is 0.0106. The normalized spacial score (nSPS) is 17.8. The van der Waals surface area contributed by atoms with Crippen molar-refractivity contribution in [3.63, 3.8) is 0 Å². The number of aliphatic hydroxyl groups excluding tert-OH is 1. The molecule has 1 fully saturated rings. The number of fused-ring (bicyclic) bond motifs is 1. The largest absolute Gasteiger partial charge is 0.423 e. The van der Waals surface area contributed by atoms with E-state index in [0.717, 1.165) is 24.9 Å². The van der Waals surface area contributed by atoms with Gasteiger partial charge in [-0.1, -0.05) is 11.6 Å². The first-order chi connectivity index (χ1) is 12.2. The maximum atomic E-state index is 12.3. The van der Waals surface area contributed by atoms with E-state index >= 15 is 0 Å². The molecule has 136 valence electrons. The molecule has 2 heterocycles. The molecule has 2 N–H and O–H groups in total. The molecule has 1 aliphatic heterocycles. The van der Waals surface area contributed by atoms with Crippen molar-refractivity contribution in [2.45, 2.75) is 12.8 Å². The molecular weight excluding hydrogens is 346 g/mol. The fourth-order valence-corrected chi connectivity index (χ4v) is 3.11. The number of oxazole rings is 1. The molecule has 7 nitrogen and oxygen atoms in total. The third-order valence-electron chi connectivity index (χ3n) is 4.18. The number of ether oxygens (including phenoxy) is 1. The number of piperidine rings is 1. The molecule has 0 saturated carbocycles. The van der Waals surface area contributed by atoms with Gasteiger partial charge in [-0.15, -0.1) is 0 Å². The molecule has 8 heteroatoms. The third-order valence-corrected chi connectivity index (χ3v) is 4.42. The van der Waals surface area contributed by atoms with Gasteiger partial charge in [0.05, 0.1) is 25.7 Å². The second-order valence-electron chi connectivity index (χ2n) is 6.02. The topological polar surface area (TPSA) is 87.8 Å². The van der Waals surface area contributed by atoms with E-state index in [1.165, 1.54) is 0 Å². The number of carbonyl (C=O) groups is 1. The molecule has 0 spiro atoms. The molecule has 1 amide bonds. The molecule has 0 bridgehead atoms. The van der Waals surface area contributed by atoms with E-state index in [2.05, 4.69) is 10.3 Å². The van der Waals surface area contributed by atoms with Gasteiger partial charge in [-0.2, -0.15) is 4.98 Å². The standard InChI is InChI=1S/C17H22ClN3O4/c18-13-3-4-15-14(10-13)20-17(25-15)21-6-1-2-12(11-21)16(23)19-5-8-24-9-7-22/h3-4,10,12,22H,1-2,5-9,11H2,(H,19,23). The molecule has 1 saturated heterocycles. The minimum atomic E-state index is -0.106. The summed E-state index contributed by atoms with van der Waals surface area (Å²) < 4.78 is 10.9. The Morgan fingerprint density at radius 3 is 3.20 bits per heavy atom. The summed E-state index contributed by atoms with van der Waals surface area (Å²) >= 11 is 5.99. The average Bonchev–Trinajstić information content (AvgIpc) is 3.04. The van der Waals surface area contributed by atoms with Crippen molar-refractivity contribution in [1.29, 1.82) is 0 Å². The van der Waals surface area contributed by atoms with Crippen LogP contribution < -0.4 is 10.2 Å². The van der Waals surface area contributed by atoms with Crippen LogP contribution >= 0.6 is 11.6 Å². The van der Waals surface area contributed by atoms with E-state index in [0.29, 0.717) is 36.3 Å². The summed E-state index contributed by atoms with van der Waals surface area (Å²) in [6.45, 7) is 2.50. The quantitative estimate of drug-likeness (QED) is 0.726. The van der Waals surface area contributed by atoms with Gasteiger partial charge < -0.3 is 24.5 Å². The fourth-order valence-electron chi connectivity index (χ4n) is 2.95. The summed E-state index contributed by atoms with van der Waals surface area (Å²) in [5.74, 6) is -0.0957. The highest BCUT2D eigenvalue weighted by molar-refractivity contribution is 6.31. The summed E-state index contributed by atoms with van der Waals surface area (Å²) in [6.07, 6.45) is 1.74. The van der Waals surface area contributed by atoms with E-state index in [9.17, 15) is 4.79 Å². The van der Waals surface area contributed by atoms with Crippen LogP contribution in [0.4, 0.5) is 6.01 Å². The number of hydrogen-bond donors (Lipinski definition) is 2. The molecule has 0 radical (unpaired) electrons. The Labute approximate surface area is 150 Å². The molecule has 1 unspecified atom stereocenters. The van der Waals surface area contributed by atoms with Crippen molar-refractivity contribution >= 4 is 34.6 Å². The van der Waals surface area contributed by atoms with Gasteiger partial charge in [0, 0.05) is 24.7 Å². The van der Waals surface area contributed by atoms with Crippen molar-refractivity contribution in [2.75, 3.05) is 44.4 Å². The molecular formula is C17H22ClN3O4. The van der Waals surface area contributed by atoms with Gasteiger partial charge in [0.2, 0.25) is 5.91 Å². The van der Waals surface area contributed by atoms with Gasteiger partial charge in [-0.05, 0) is 31.0 Å². The monoisotopic (exact) mass is 367 g/mol. The number of nitrogens with one attached hydrogen (secondary N) is 1. The maximum absolute atomic E-state index is 12.3. The number of aliphatic hydroxyl groups is 1. The van der Waals surface area contributed by atoms with E-state index in [1.54, 1.807) is 18.2 Å². The zero-order valence-corrected chi connectivity index (χ0v) is 14.7. The Bertz CT molecular complexity index is 721. The lowest BCUT2D eigenvalue weighted by Gasteiger charge is -2.30. The van der Waals surface area contributed by atoms with Crippen molar-refractivity contribution in [1.82, 2.24) is 10.3 Å². The molecule has 2 aromatic rings. The Balaban J connectivity index is 1.57. The first kappa shape index (κ1) is 18.0. The van der Waals surface area contributed by atoms with Gasteiger partial charge in [-0.3, -0.25) is 4.79 Å². The summed E-state index contributed by atoms with van der Waals surface area (Å²) in [6, 6.07) is 5.87. The fraction of sp³-hybridized carbons (Fsp3) is 0.529. The molecule has 25 heavy (non-hydrogen) atoms. The first-order valence-electron chi connectivity index (χ1n) is 8.44. The van der Waals surface area contributed by atoms with Gasteiger partial charge >= 0.3 is 0 Å². The number of benzene rings is 1. The highest BCUT2D eigenvalue weighted by Crippen LogP contribution is 2.27. The smallest absolute Gasteiger partial charge is 0.298 e. The maximum Gasteiger partial charge on any atom is 0.298 e. The molecule has 1 aromatic heterocycles. The SMILES string of the molecule is O=C(NCCOCCO)C1CCCN(c2nc3cc(Cl)ccc3o2)C1. The summed E-state index contributed by atoms with van der Waals surface area (Å²) in [4.78, 5) is 18.8. The van der Waals surface area contributed by atoms with Gasteiger partial charge in [0.25, 0.3) is 6.01 Å². The number of halogens is 1. The van der Waals surface area contributed by atoms with Gasteiger partial charge in [0.15, 0.2) is 5.58 Å². The molecule has 1 aromatic carbocycles. The van der Waals surface area contributed by atoms with Crippen LogP contribution in [-0.4, -0.2) is 55.5 Å².